The third kappa shape index (κ3) is 2.08. The van der Waals surface area contributed by atoms with Crippen LogP contribution in [0.15, 0.2) is 12.1 Å². The van der Waals surface area contributed by atoms with E-state index >= 15 is 0 Å². The predicted octanol–water partition coefficient (Wildman–Crippen LogP) is 1.63. The molecule has 1 heterocycles. The van der Waals surface area contributed by atoms with Crippen LogP contribution in [0.2, 0.25) is 0 Å². The SMILES string of the molecule is CCN(c1c(F)cc(C#N)cc1F)C1CNC1. The average molecular weight is 237 g/mol. The molecule has 5 heteroatoms. The van der Waals surface area contributed by atoms with Gasteiger partial charge in [-0.3, -0.25) is 0 Å². The molecular formula is C12H13F2N3. The summed E-state index contributed by atoms with van der Waals surface area (Å²) in [5.41, 5.74) is -0.0236. The molecule has 1 aromatic carbocycles. The van der Waals surface area contributed by atoms with Gasteiger partial charge in [0, 0.05) is 19.6 Å². The monoisotopic (exact) mass is 237 g/mol. The summed E-state index contributed by atoms with van der Waals surface area (Å²) >= 11 is 0. The van der Waals surface area contributed by atoms with Crippen molar-refractivity contribution in [3.63, 3.8) is 0 Å². The van der Waals surface area contributed by atoms with Crippen LogP contribution in [-0.4, -0.2) is 25.7 Å². The molecule has 2 rings (SSSR count). The number of hydrogen-bond acceptors (Lipinski definition) is 3. The highest BCUT2D eigenvalue weighted by atomic mass is 19.1. The van der Waals surface area contributed by atoms with Gasteiger partial charge in [-0.05, 0) is 19.1 Å². The number of nitriles is 1. The standard InChI is InChI=1S/C12H13F2N3/c1-2-17(9-6-16-7-9)12-10(13)3-8(5-15)4-11(12)14/h3-4,9,16H,2,6-7H2,1H3. The topological polar surface area (TPSA) is 39.1 Å². The Morgan fingerprint density at radius 2 is 2.00 bits per heavy atom. The number of likely N-dealkylation sites (N-methyl/N-ethyl adjacent to an activating group) is 1. The lowest BCUT2D eigenvalue weighted by Crippen LogP contribution is -2.57. The molecule has 1 fully saturated rings. The Kier molecular flexibility index (Phi) is 3.25. The van der Waals surface area contributed by atoms with Crippen molar-refractivity contribution in [3.8, 4) is 6.07 Å². The molecule has 0 saturated carbocycles. The normalized spacial score (nSPS) is 15.2. The van der Waals surface area contributed by atoms with Gasteiger partial charge in [-0.2, -0.15) is 5.26 Å². The quantitative estimate of drug-likeness (QED) is 0.868. The zero-order valence-electron chi connectivity index (χ0n) is 9.50. The Hall–Kier alpha value is -1.67. The maximum Gasteiger partial charge on any atom is 0.150 e. The van der Waals surface area contributed by atoms with E-state index in [2.05, 4.69) is 5.32 Å². The molecule has 0 unspecified atom stereocenters. The Morgan fingerprint density at radius 3 is 2.35 bits per heavy atom. The fourth-order valence-corrected chi connectivity index (χ4v) is 2.00. The van der Waals surface area contributed by atoms with Crippen LogP contribution in [-0.2, 0) is 0 Å². The van der Waals surface area contributed by atoms with E-state index in [0.717, 1.165) is 25.2 Å². The summed E-state index contributed by atoms with van der Waals surface area (Å²) in [6.45, 7) is 3.85. The highest BCUT2D eigenvalue weighted by molar-refractivity contribution is 5.53. The van der Waals surface area contributed by atoms with E-state index in [9.17, 15) is 8.78 Å². The maximum atomic E-state index is 13.8. The lowest BCUT2D eigenvalue weighted by atomic mass is 10.1. The van der Waals surface area contributed by atoms with Gasteiger partial charge in [0.05, 0.1) is 17.7 Å². The molecule has 0 spiro atoms. The number of halogens is 2. The first-order chi connectivity index (χ1) is 8.17. The molecule has 17 heavy (non-hydrogen) atoms. The zero-order chi connectivity index (χ0) is 12.4. The maximum absolute atomic E-state index is 13.8. The average Bonchev–Trinajstić information content (AvgIpc) is 2.23. The molecule has 0 radical (unpaired) electrons. The van der Waals surface area contributed by atoms with E-state index in [1.165, 1.54) is 0 Å². The fraction of sp³-hybridized carbons (Fsp3) is 0.417. The van der Waals surface area contributed by atoms with E-state index in [1.807, 2.05) is 6.92 Å². The van der Waals surface area contributed by atoms with Crippen molar-refractivity contribution in [1.29, 1.82) is 5.26 Å². The van der Waals surface area contributed by atoms with Crippen LogP contribution in [0.4, 0.5) is 14.5 Å². The summed E-state index contributed by atoms with van der Waals surface area (Å²) in [5.74, 6) is -1.34. The molecule has 1 N–H and O–H groups in total. The van der Waals surface area contributed by atoms with E-state index in [0.29, 0.717) is 6.54 Å². The second-order valence-electron chi connectivity index (χ2n) is 4.00. The summed E-state index contributed by atoms with van der Waals surface area (Å²) < 4.78 is 27.6. The molecule has 0 amide bonds. The van der Waals surface area contributed by atoms with Crippen LogP contribution in [0, 0.1) is 23.0 Å². The molecule has 1 aliphatic heterocycles. The fourth-order valence-electron chi connectivity index (χ4n) is 2.00. The summed E-state index contributed by atoms with van der Waals surface area (Å²) in [6, 6.07) is 4.01. The number of nitrogens with zero attached hydrogens (tertiary/aromatic N) is 2. The van der Waals surface area contributed by atoms with E-state index < -0.39 is 11.6 Å². The van der Waals surface area contributed by atoms with Crippen LogP contribution >= 0.6 is 0 Å². The van der Waals surface area contributed by atoms with E-state index in [1.54, 1.807) is 11.0 Å². The summed E-state index contributed by atoms with van der Waals surface area (Å²) in [5, 5.41) is 11.7. The largest absolute Gasteiger partial charge is 0.362 e. The van der Waals surface area contributed by atoms with Crippen LogP contribution < -0.4 is 10.2 Å². The van der Waals surface area contributed by atoms with Gasteiger partial charge in [0.1, 0.15) is 5.69 Å². The smallest absolute Gasteiger partial charge is 0.150 e. The molecule has 0 atom stereocenters. The van der Waals surface area contributed by atoms with E-state index in [4.69, 9.17) is 5.26 Å². The van der Waals surface area contributed by atoms with Crippen molar-refractivity contribution < 1.29 is 8.78 Å². The van der Waals surface area contributed by atoms with Gasteiger partial charge in [0.15, 0.2) is 11.6 Å². The second kappa shape index (κ2) is 4.68. The van der Waals surface area contributed by atoms with Crippen molar-refractivity contribution in [3.05, 3.63) is 29.3 Å². The number of benzene rings is 1. The second-order valence-corrected chi connectivity index (χ2v) is 4.00. The highest BCUT2D eigenvalue weighted by Gasteiger charge is 2.28. The van der Waals surface area contributed by atoms with Crippen molar-refractivity contribution in [2.45, 2.75) is 13.0 Å². The minimum atomic E-state index is -0.671. The Labute approximate surface area is 98.6 Å². The number of rotatable bonds is 3. The summed E-state index contributed by atoms with van der Waals surface area (Å²) in [6.07, 6.45) is 0. The minimum Gasteiger partial charge on any atom is -0.362 e. The first kappa shape index (κ1) is 11.8. The number of anilines is 1. The molecule has 1 saturated heterocycles. The van der Waals surface area contributed by atoms with Gasteiger partial charge >= 0.3 is 0 Å². The zero-order valence-corrected chi connectivity index (χ0v) is 9.50. The molecule has 0 aliphatic carbocycles. The molecule has 90 valence electrons. The van der Waals surface area contributed by atoms with Crippen molar-refractivity contribution in [2.75, 3.05) is 24.5 Å². The molecule has 0 bridgehead atoms. The van der Waals surface area contributed by atoms with Gasteiger partial charge in [-0.15, -0.1) is 0 Å². The van der Waals surface area contributed by atoms with Gasteiger partial charge in [0.2, 0.25) is 0 Å². The molecule has 0 aromatic heterocycles. The van der Waals surface area contributed by atoms with Crippen molar-refractivity contribution >= 4 is 5.69 Å². The number of nitrogens with one attached hydrogen (secondary N) is 1. The van der Waals surface area contributed by atoms with Gasteiger partial charge in [0.25, 0.3) is 0 Å². The van der Waals surface area contributed by atoms with E-state index in [-0.39, 0.29) is 17.3 Å². The first-order valence-electron chi connectivity index (χ1n) is 5.54. The van der Waals surface area contributed by atoms with Gasteiger partial charge in [-0.25, -0.2) is 8.78 Å². The molecule has 1 aliphatic rings. The summed E-state index contributed by atoms with van der Waals surface area (Å²) in [4.78, 5) is 1.70. The lowest BCUT2D eigenvalue weighted by Gasteiger charge is -2.39. The Bertz CT molecular complexity index is 440. The molecule has 1 aromatic rings. The minimum absolute atomic E-state index is 0.00605. The number of hydrogen-bond donors (Lipinski definition) is 1. The Balaban J connectivity index is 2.39. The van der Waals surface area contributed by atoms with Crippen LogP contribution in [0.1, 0.15) is 12.5 Å². The molecule has 3 nitrogen and oxygen atoms in total. The highest BCUT2D eigenvalue weighted by Crippen LogP contribution is 2.27. The lowest BCUT2D eigenvalue weighted by molar-refractivity contribution is 0.408. The predicted molar refractivity (Wildman–Crippen MR) is 60.8 cm³/mol. The van der Waals surface area contributed by atoms with Crippen molar-refractivity contribution in [2.24, 2.45) is 0 Å². The van der Waals surface area contributed by atoms with Crippen LogP contribution in [0.3, 0.4) is 0 Å². The third-order valence-corrected chi connectivity index (χ3v) is 2.97. The first-order valence-corrected chi connectivity index (χ1v) is 5.54. The third-order valence-electron chi connectivity index (χ3n) is 2.97. The van der Waals surface area contributed by atoms with Crippen LogP contribution in [0.25, 0.3) is 0 Å². The molecular weight excluding hydrogens is 224 g/mol. The van der Waals surface area contributed by atoms with Crippen molar-refractivity contribution in [1.82, 2.24) is 5.32 Å². The Morgan fingerprint density at radius 1 is 1.41 bits per heavy atom. The van der Waals surface area contributed by atoms with Gasteiger partial charge in [-0.1, -0.05) is 0 Å². The summed E-state index contributed by atoms with van der Waals surface area (Å²) in [7, 11) is 0. The van der Waals surface area contributed by atoms with Crippen LogP contribution in [0.5, 0.6) is 0 Å². The van der Waals surface area contributed by atoms with Gasteiger partial charge < -0.3 is 10.2 Å².